The van der Waals surface area contributed by atoms with E-state index in [1.165, 1.54) is 0 Å². The highest BCUT2D eigenvalue weighted by Gasteiger charge is 2.35. The Morgan fingerprint density at radius 3 is 2.58 bits per heavy atom. The zero-order valence-electron chi connectivity index (χ0n) is 7.68. The van der Waals surface area contributed by atoms with Gasteiger partial charge in [-0.3, -0.25) is 4.79 Å². The topological polar surface area (TPSA) is 67.2 Å². The largest absolute Gasteiger partial charge is 0.369 e. The van der Waals surface area contributed by atoms with E-state index in [0.717, 1.165) is 19.6 Å². The highest BCUT2D eigenvalue weighted by Crippen LogP contribution is 2.20. The van der Waals surface area contributed by atoms with Crippen LogP contribution in [0.3, 0.4) is 0 Å². The fourth-order valence-electron chi connectivity index (χ4n) is 1.34. The molecule has 1 fully saturated rings. The van der Waals surface area contributed by atoms with Crippen molar-refractivity contribution in [1.82, 2.24) is 10.6 Å². The van der Waals surface area contributed by atoms with Crippen LogP contribution in [0.25, 0.3) is 0 Å². The van der Waals surface area contributed by atoms with Crippen LogP contribution < -0.4 is 16.4 Å². The molecule has 70 valence electrons. The van der Waals surface area contributed by atoms with Crippen LogP contribution in [0.1, 0.15) is 13.8 Å². The van der Waals surface area contributed by atoms with Gasteiger partial charge in [-0.05, 0) is 13.8 Å². The third kappa shape index (κ3) is 1.76. The van der Waals surface area contributed by atoms with Gasteiger partial charge in [-0.2, -0.15) is 0 Å². The van der Waals surface area contributed by atoms with Crippen LogP contribution >= 0.6 is 0 Å². The molecule has 1 aliphatic heterocycles. The second-order valence-electron chi connectivity index (χ2n) is 3.80. The van der Waals surface area contributed by atoms with Gasteiger partial charge in [0.25, 0.3) is 0 Å². The van der Waals surface area contributed by atoms with E-state index in [0.29, 0.717) is 0 Å². The van der Waals surface area contributed by atoms with Gasteiger partial charge in [0.05, 0.1) is 5.41 Å². The third-order valence-electron chi connectivity index (χ3n) is 2.55. The first-order valence-corrected chi connectivity index (χ1v) is 4.29. The number of piperazine rings is 1. The Labute approximate surface area is 72.9 Å². The first-order valence-electron chi connectivity index (χ1n) is 4.29. The van der Waals surface area contributed by atoms with Gasteiger partial charge in [0, 0.05) is 25.7 Å². The van der Waals surface area contributed by atoms with E-state index in [4.69, 9.17) is 5.73 Å². The number of carbonyl (C=O) groups is 1. The Kier molecular flexibility index (Phi) is 2.69. The molecule has 4 nitrogen and oxygen atoms in total. The number of amides is 1. The number of rotatable bonds is 2. The van der Waals surface area contributed by atoms with Gasteiger partial charge in [-0.15, -0.1) is 0 Å². The molecule has 1 saturated heterocycles. The Morgan fingerprint density at radius 1 is 1.50 bits per heavy atom. The average Bonchev–Trinajstić information content (AvgIpc) is 2.06. The molecular formula is C8H17N3O. The van der Waals surface area contributed by atoms with Gasteiger partial charge in [0.2, 0.25) is 5.91 Å². The lowest BCUT2D eigenvalue weighted by Crippen LogP contribution is -2.58. The van der Waals surface area contributed by atoms with Crippen molar-refractivity contribution in [1.29, 1.82) is 0 Å². The maximum absolute atomic E-state index is 11.1. The zero-order valence-corrected chi connectivity index (χ0v) is 7.68. The molecule has 0 unspecified atom stereocenters. The molecule has 4 N–H and O–H groups in total. The first kappa shape index (κ1) is 9.48. The van der Waals surface area contributed by atoms with Crippen molar-refractivity contribution in [2.75, 3.05) is 19.6 Å². The molecule has 1 atom stereocenters. The molecule has 0 aromatic rings. The molecule has 12 heavy (non-hydrogen) atoms. The Bertz CT molecular complexity index is 173. The maximum atomic E-state index is 11.1. The minimum Gasteiger partial charge on any atom is -0.369 e. The second kappa shape index (κ2) is 3.41. The summed E-state index contributed by atoms with van der Waals surface area (Å²) in [7, 11) is 0. The smallest absolute Gasteiger partial charge is 0.224 e. The SMILES string of the molecule is CC(C)(C(N)=O)[C@@H]1CNCCN1. The summed E-state index contributed by atoms with van der Waals surface area (Å²) in [6.45, 7) is 6.43. The van der Waals surface area contributed by atoms with Crippen molar-refractivity contribution in [3.8, 4) is 0 Å². The Morgan fingerprint density at radius 2 is 2.17 bits per heavy atom. The molecule has 0 spiro atoms. The third-order valence-corrected chi connectivity index (χ3v) is 2.55. The fourth-order valence-corrected chi connectivity index (χ4v) is 1.34. The molecule has 0 radical (unpaired) electrons. The van der Waals surface area contributed by atoms with Crippen molar-refractivity contribution in [3.05, 3.63) is 0 Å². The van der Waals surface area contributed by atoms with Crippen LogP contribution in [0.5, 0.6) is 0 Å². The number of hydrogen-bond donors (Lipinski definition) is 3. The van der Waals surface area contributed by atoms with Crippen LogP contribution in [0.2, 0.25) is 0 Å². The van der Waals surface area contributed by atoms with Crippen molar-refractivity contribution in [2.24, 2.45) is 11.1 Å². The molecule has 1 rings (SSSR count). The van der Waals surface area contributed by atoms with E-state index >= 15 is 0 Å². The van der Waals surface area contributed by atoms with Crippen LogP contribution in [0.4, 0.5) is 0 Å². The van der Waals surface area contributed by atoms with Crippen molar-refractivity contribution < 1.29 is 4.79 Å². The number of nitrogens with two attached hydrogens (primary N) is 1. The summed E-state index contributed by atoms with van der Waals surface area (Å²) in [4.78, 5) is 11.1. The van der Waals surface area contributed by atoms with Crippen LogP contribution in [0.15, 0.2) is 0 Å². The minimum absolute atomic E-state index is 0.156. The summed E-state index contributed by atoms with van der Waals surface area (Å²) >= 11 is 0. The van der Waals surface area contributed by atoms with Crippen LogP contribution in [0, 0.1) is 5.41 Å². The fraction of sp³-hybridized carbons (Fsp3) is 0.875. The number of primary amides is 1. The van der Waals surface area contributed by atoms with Crippen molar-refractivity contribution in [2.45, 2.75) is 19.9 Å². The van der Waals surface area contributed by atoms with Crippen molar-refractivity contribution >= 4 is 5.91 Å². The molecule has 0 bridgehead atoms. The predicted octanol–water partition coefficient (Wildman–Crippen LogP) is -0.941. The first-order chi connectivity index (χ1) is 5.55. The van der Waals surface area contributed by atoms with E-state index < -0.39 is 5.41 Å². The maximum Gasteiger partial charge on any atom is 0.224 e. The van der Waals surface area contributed by atoms with E-state index in [2.05, 4.69) is 10.6 Å². The highest BCUT2D eigenvalue weighted by molar-refractivity contribution is 5.80. The molecule has 0 aromatic carbocycles. The van der Waals surface area contributed by atoms with Gasteiger partial charge in [0.1, 0.15) is 0 Å². The summed E-state index contributed by atoms with van der Waals surface area (Å²) < 4.78 is 0. The molecule has 1 aliphatic rings. The molecular weight excluding hydrogens is 154 g/mol. The predicted molar refractivity (Wildman–Crippen MR) is 47.6 cm³/mol. The quantitative estimate of drug-likeness (QED) is 0.502. The lowest BCUT2D eigenvalue weighted by Gasteiger charge is -2.35. The molecule has 0 saturated carbocycles. The summed E-state index contributed by atoms with van der Waals surface area (Å²) in [6, 6.07) is 0.156. The summed E-state index contributed by atoms with van der Waals surface area (Å²) in [5, 5.41) is 6.50. The van der Waals surface area contributed by atoms with Gasteiger partial charge in [-0.25, -0.2) is 0 Å². The van der Waals surface area contributed by atoms with Gasteiger partial charge >= 0.3 is 0 Å². The lowest BCUT2D eigenvalue weighted by molar-refractivity contribution is -0.127. The van der Waals surface area contributed by atoms with Crippen LogP contribution in [-0.4, -0.2) is 31.6 Å². The molecule has 0 aromatic heterocycles. The normalized spacial score (nSPS) is 25.3. The molecule has 4 heteroatoms. The number of carbonyl (C=O) groups excluding carboxylic acids is 1. The number of nitrogens with one attached hydrogen (secondary N) is 2. The lowest BCUT2D eigenvalue weighted by atomic mass is 9.83. The standard InChI is InChI=1S/C8H17N3O/c1-8(2,7(9)12)6-5-10-3-4-11-6/h6,10-11H,3-5H2,1-2H3,(H2,9,12)/t6-/m0/s1. The minimum atomic E-state index is -0.465. The monoisotopic (exact) mass is 171 g/mol. The van der Waals surface area contributed by atoms with E-state index in [1.54, 1.807) is 0 Å². The summed E-state index contributed by atoms with van der Waals surface area (Å²) in [6.07, 6.45) is 0. The summed E-state index contributed by atoms with van der Waals surface area (Å²) in [5.41, 5.74) is 4.83. The van der Waals surface area contributed by atoms with E-state index in [-0.39, 0.29) is 11.9 Å². The Hall–Kier alpha value is -0.610. The van der Waals surface area contributed by atoms with Gasteiger partial charge in [-0.1, -0.05) is 0 Å². The van der Waals surface area contributed by atoms with Crippen molar-refractivity contribution in [3.63, 3.8) is 0 Å². The van der Waals surface area contributed by atoms with E-state index in [9.17, 15) is 4.79 Å². The molecule has 0 aliphatic carbocycles. The Balaban J connectivity index is 2.59. The number of hydrogen-bond acceptors (Lipinski definition) is 3. The molecule has 1 heterocycles. The highest BCUT2D eigenvalue weighted by atomic mass is 16.1. The van der Waals surface area contributed by atoms with Gasteiger partial charge in [0.15, 0.2) is 0 Å². The van der Waals surface area contributed by atoms with Gasteiger partial charge < -0.3 is 16.4 Å². The molecule has 1 amide bonds. The second-order valence-corrected chi connectivity index (χ2v) is 3.80. The van der Waals surface area contributed by atoms with Crippen LogP contribution in [-0.2, 0) is 4.79 Å². The summed E-state index contributed by atoms with van der Waals surface area (Å²) in [5.74, 6) is -0.247. The van der Waals surface area contributed by atoms with E-state index in [1.807, 2.05) is 13.8 Å². The zero-order chi connectivity index (χ0) is 9.19. The average molecular weight is 171 g/mol.